The smallest absolute Gasteiger partial charge is 0.129 e. The van der Waals surface area contributed by atoms with E-state index in [9.17, 15) is 0 Å². The predicted octanol–water partition coefficient (Wildman–Crippen LogP) is 2.10. The highest BCUT2D eigenvalue weighted by molar-refractivity contribution is 5.44. The van der Waals surface area contributed by atoms with Crippen LogP contribution in [0.15, 0.2) is 12.1 Å². The molecule has 88 valence electrons. The van der Waals surface area contributed by atoms with E-state index in [0.29, 0.717) is 0 Å². The Morgan fingerprint density at radius 2 is 2.19 bits per heavy atom. The zero-order chi connectivity index (χ0) is 11.5. The van der Waals surface area contributed by atoms with Crippen molar-refractivity contribution in [3.05, 3.63) is 23.4 Å². The molecule has 0 aromatic carbocycles. The maximum atomic E-state index is 4.60. The average molecular weight is 219 g/mol. The van der Waals surface area contributed by atoms with Gasteiger partial charge in [0.2, 0.25) is 0 Å². The van der Waals surface area contributed by atoms with Crippen LogP contribution in [0, 0.1) is 6.92 Å². The van der Waals surface area contributed by atoms with Crippen LogP contribution >= 0.6 is 0 Å². The third-order valence-electron chi connectivity index (χ3n) is 3.03. The molecule has 3 heteroatoms. The van der Waals surface area contributed by atoms with Crippen molar-refractivity contribution >= 4 is 5.82 Å². The molecule has 1 aliphatic rings. The summed E-state index contributed by atoms with van der Waals surface area (Å²) in [7, 11) is 2.15. The summed E-state index contributed by atoms with van der Waals surface area (Å²) in [5.41, 5.74) is 2.44. The number of anilines is 1. The summed E-state index contributed by atoms with van der Waals surface area (Å²) in [5, 5.41) is 3.36. The first kappa shape index (κ1) is 11.4. The molecule has 0 spiro atoms. The summed E-state index contributed by atoms with van der Waals surface area (Å²) in [4.78, 5) is 6.91. The molecule has 2 rings (SSSR count). The molecule has 1 fully saturated rings. The summed E-state index contributed by atoms with van der Waals surface area (Å²) >= 11 is 0. The molecule has 16 heavy (non-hydrogen) atoms. The highest BCUT2D eigenvalue weighted by atomic mass is 15.2. The fraction of sp³-hybridized carbons (Fsp3) is 0.615. The molecule has 0 saturated heterocycles. The molecule has 0 atom stereocenters. The Morgan fingerprint density at radius 3 is 2.81 bits per heavy atom. The molecule has 1 heterocycles. The molecule has 1 aliphatic carbocycles. The summed E-state index contributed by atoms with van der Waals surface area (Å²) in [6.07, 6.45) is 2.63. The molecule has 0 radical (unpaired) electrons. The van der Waals surface area contributed by atoms with Crippen LogP contribution in [0.2, 0.25) is 0 Å². The number of rotatable bonds is 5. The van der Waals surface area contributed by atoms with Gasteiger partial charge in [0.25, 0.3) is 0 Å². The highest BCUT2D eigenvalue weighted by Crippen LogP contribution is 2.29. The minimum Gasteiger partial charge on any atom is -0.357 e. The number of aryl methyl sites for hydroxylation is 1. The lowest BCUT2D eigenvalue weighted by Crippen LogP contribution is -2.21. The van der Waals surface area contributed by atoms with E-state index in [2.05, 4.69) is 48.2 Å². The van der Waals surface area contributed by atoms with E-state index in [1.807, 2.05) is 0 Å². The molecule has 1 aromatic heterocycles. The Balaban J connectivity index is 2.14. The van der Waals surface area contributed by atoms with Crippen molar-refractivity contribution in [2.24, 2.45) is 0 Å². The Kier molecular flexibility index (Phi) is 3.44. The van der Waals surface area contributed by atoms with Gasteiger partial charge in [0.15, 0.2) is 0 Å². The van der Waals surface area contributed by atoms with Crippen molar-refractivity contribution in [2.45, 2.75) is 39.3 Å². The quantitative estimate of drug-likeness (QED) is 0.822. The molecule has 0 aliphatic heterocycles. The molecule has 0 bridgehead atoms. The van der Waals surface area contributed by atoms with Crippen molar-refractivity contribution in [3.63, 3.8) is 0 Å². The largest absolute Gasteiger partial charge is 0.357 e. The number of hydrogen-bond donors (Lipinski definition) is 1. The van der Waals surface area contributed by atoms with Crippen LogP contribution in [0.25, 0.3) is 0 Å². The van der Waals surface area contributed by atoms with E-state index >= 15 is 0 Å². The summed E-state index contributed by atoms with van der Waals surface area (Å²) in [6, 6.07) is 5.09. The number of nitrogens with zero attached hydrogens (tertiary/aromatic N) is 2. The monoisotopic (exact) mass is 219 g/mol. The van der Waals surface area contributed by atoms with E-state index in [4.69, 9.17) is 0 Å². The van der Waals surface area contributed by atoms with Crippen LogP contribution in [0.1, 0.15) is 31.0 Å². The van der Waals surface area contributed by atoms with Crippen LogP contribution in [-0.2, 0) is 6.54 Å². The minimum atomic E-state index is 0.723. The first-order valence-corrected chi connectivity index (χ1v) is 6.12. The lowest BCUT2D eigenvalue weighted by molar-refractivity contribution is 0.724. The van der Waals surface area contributed by atoms with E-state index in [1.54, 1.807) is 0 Å². The lowest BCUT2D eigenvalue weighted by atomic mass is 10.2. The Morgan fingerprint density at radius 1 is 1.44 bits per heavy atom. The first-order valence-electron chi connectivity index (χ1n) is 6.12. The zero-order valence-corrected chi connectivity index (χ0v) is 10.5. The van der Waals surface area contributed by atoms with Gasteiger partial charge in [0.05, 0.1) is 0 Å². The van der Waals surface area contributed by atoms with Gasteiger partial charge < -0.3 is 10.2 Å². The van der Waals surface area contributed by atoms with Gasteiger partial charge >= 0.3 is 0 Å². The maximum Gasteiger partial charge on any atom is 0.129 e. The summed E-state index contributed by atoms with van der Waals surface area (Å²) < 4.78 is 0. The number of nitrogens with one attached hydrogen (secondary N) is 1. The average Bonchev–Trinajstić information content (AvgIpc) is 3.08. The SMILES string of the molecule is CCNCc1cc(C)nc(N(C)C2CC2)c1. The second-order valence-electron chi connectivity index (χ2n) is 4.60. The maximum absolute atomic E-state index is 4.60. The van der Waals surface area contributed by atoms with E-state index in [-0.39, 0.29) is 0 Å². The fourth-order valence-electron chi connectivity index (χ4n) is 1.92. The van der Waals surface area contributed by atoms with Gasteiger partial charge in [-0.1, -0.05) is 6.92 Å². The third-order valence-corrected chi connectivity index (χ3v) is 3.03. The summed E-state index contributed by atoms with van der Waals surface area (Å²) in [6.45, 7) is 6.14. The fourth-order valence-corrected chi connectivity index (χ4v) is 1.92. The topological polar surface area (TPSA) is 28.2 Å². The number of hydrogen-bond acceptors (Lipinski definition) is 3. The zero-order valence-electron chi connectivity index (χ0n) is 10.5. The highest BCUT2D eigenvalue weighted by Gasteiger charge is 2.27. The molecule has 1 N–H and O–H groups in total. The molecule has 1 saturated carbocycles. The Labute approximate surface area is 97.9 Å². The standard InChI is InChI=1S/C13H21N3/c1-4-14-9-11-7-10(2)15-13(8-11)16(3)12-5-6-12/h7-8,12,14H,4-6,9H2,1-3H3. The molecule has 0 unspecified atom stereocenters. The second kappa shape index (κ2) is 4.83. The van der Waals surface area contributed by atoms with Crippen molar-refractivity contribution in [2.75, 3.05) is 18.5 Å². The van der Waals surface area contributed by atoms with Crippen molar-refractivity contribution < 1.29 is 0 Å². The van der Waals surface area contributed by atoms with Gasteiger partial charge in [-0.25, -0.2) is 4.98 Å². The lowest BCUT2D eigenvalue weighted by Gasteiger charge is -2.19. The molecular weight excluding hydrogens is 198 g/mol. The Bertz CT molecular complexity index is 358. The van der Waals surface area contributed by atoms with Gasteiger partial charge in [-0.05, 0) is 44.0 Å². The number of pyridine rings is 1. The predicted molar refractivity (Wildman–Crippen MR) is 67.8 cm³/mol. The molecular formula is C13H21N3. The number of aromatic nitrogens is 1. The molecule has 3 nitrogen and oxygen atoms in total. The van der Waals surface area contributed by atoms with Crippen molar-refractivity contribution in [3.8, 4) is 0 Å². The van der Waals surface area contributed by atoms with E-state index in [0.717, 1.165) is 30.6 Å². The first-order chi connectivity index (χ1) is 7.70. The van der Waals surface area contributed by atoms with Gasteiger partial charge in [0, 0.05) is 25.3 Å². The minimum absolute atomic E-state index is 0.723. The van der Waals surface area contributed by atoms with Crippen molar-refractivity contribution in [1.82, 2.24) is 10.3 Å². The normalized spacial score (nSPS) is 15.2. The van der Waals surface area contributed by atoms with Gasteiger partial charge in [-0.15, -0.1) is 0 Å². The van der Waals surface area contributed by atoms with Gasteiger partial charge in [0.1, 0.15) is 5.82 Å². The third kappa shape index (κ3) is 2.73. The van der Waals surface area contributed by atoms with Crippen LogP contribution < -0.4 is 10.2 Å². The van der Waals surface area contributed by atoms with Gasteiger partial charge in [-0.3, -0.25) is 0 Å². The molecule has 1 aromatic rings. The van der Waals surface area contributed by atoms with Crippen LogP contribution in [-0.4, -0.2) is 24.6 Å². The van der Waals surface area contributed by atoms with E-state index in [1.165, 1.54) is 18.4 Å². The van der Waals surface area contributed by atoms with Crippen LogP contribution in [0.3, 0.4) is 0 Å². The van der Waals surface area contributed by atoms with E-state index < -0.39 is 0 Å². The van der Waals surface area contributed by atoms with Gasteiger partial charge in [-0.2, -0.15) is 0 Å². The summed E-state index contributed by atoms with van der Waals surface area (Å²) in [5.74, 6) is 1.12. The van der Waals surface area contributed by atoms with Crippen molar-refractivity contribution in [1.29, 1.82) is 0 Å². The second-order valence-corrected chi connectivity index (χ2v) is 4.60. The Hall–Kier alpha value is -1.09. The molecule has 0 amide bonds. The van der Waals surface area contributed by atoms with Crippen LogP contribution in [0.4, 0.5) is 5.82 Å². The van der Waals surface area contributed by atoms with Crippen LogP contribution in [0.5, 0.6) is 0 Å².